The lowest BCUT2D eigenvalue weighted by molar-refractivity contribution is -0.139. The second kappa shape index (κ2) is 11.3. The van der Waals surface area contributed by atoms with Crippen molar-refractivity contribution in [2.75, 3.05) is 26.4 Å². The van der Waals surface area contributed by atoms with Gasteiger partial charge in [0.05, 0.1) is 13.2 Å². The van der Waals surface area contributed by atoms with Crippen molar-refractivity contribution in [3.8, 4) is 5.75 Å². The number of alkyl carbamates (subject to hydrolysis) is 1. The number of hydrogen-bond acceptors (Lipinski definition) is 5. The van der Waals surface area contributed by atoms with Crippen LogP contribution >= 0.6 is 0 Å². The smallest absolute Gasteiger partial charge is 0.408 e. The summed E-state index contributed by atoms with van der Waals surface area (Å²) in [6.45, 7) is 5.67. The molecule has 1 rings (SSSR count). The number of ether oxygens (including phenoxy) is 3. The highest BCUT2D eigenvalue weighted by Crippen LogP contribution is 2.18. The van der Waals surface area contributed by atoms with Gasteiger partial charge in [0.1, 0.15) is 12.4 Å². The van der Waals surface area contributed by atoms with Gasteiger partial charge in [0, 0.05) is 6.61 Å². The number of carbonyl (C=O) groups is 2. The minimum absolute atomic E-state index is 0.265. The second-order valence-corrected chi connectivity index (χ2v) is 5.02. The summed E-state index contributed by atoms with van der Waals surface area (Å²) in [5.41, 5.74) is 0.437. The van der Waals surface area contributed by atoms with Gasteiger partial charge < -0.3 is 24.6 Å². The Morgan fingerprint density at radius 2 is 1.83 bits per heavy atom. The fraction of sp³-hybridized carbons (Fsp3) is 0.529. The molecule has 2 N–H and O–H groups in total. The van der Waals surface area contributed by atoms with E-state index in [0.29, 0.717) is 31.1 Å². The Bertz CT molecular complexity index is 502. The van der Waals surface area contributed by atoms with Gasteiger partial charge in [-0.15, -0.1) is 0 Å². The first kappa shape index (κ1) is 19.8. The van der Waals surface area contributed by atoms with Crippen LogP contribution in [-0.4, -0.2) is 43.6 Å². The van der Waals surface area contributed by atoms with Crippen molar-refractivity contribution in [1.82, 2.24) is 5.32 Å². The molecule has 1 atom stereocenters. The molecule has 7 nitrogen and oxygen atoms in total. The number of aliphatic carboxylic acids is 1. The van der Waals surface area contributed by atoms with E-state index in [0.717, 1.165) is 12.8 Å². The van der Waals surface area contributed by atoms with E-state index in [1.54, 1.807) is 24.3 Å². The Morgan fingerprint density at radius 3 is 2.42 bits per heavy atom. The van der Waals surface area contributed by atoms with Crippen molar-refractivity contribution in [2.24, 2.45) is 0 Å². The van der Waals surface area contributed by atoms with Crippen molar-refractivity contribution >= 4 is 12.1 Å². The molecule has 1 amide bonds. The standard InChI is InChI=1S/C17H25NO6/c1-3-5-10-24-17(21)18-15(16(19)20)13-6-8-14(9-7-13)23-12-11-22-4-2/h6-9,15H,3-5,10-12H2,1-2H3,(H,18,21)(H,19,20). The summed E-state index contributed by atoms with van der Waals surface area (Å²) in [6.07, 6.45) is 0.882. The monoisotopic (exact) mass is 339 g/mol. The molecule has 7 heteroatoms. The molecule has 0 heterocycles. The van der Waals surface area contributed by atoms with Crippen molar-refractivity contribution in [1.29, 1.82) is 0 Å². The molecule has 0 aliphatic rings. The predicted octanol–water partition coefficient (Wildman–Crippen LogP) is 2.75. The molecule has 0 aliphatic carbocycles. The van der Waals surface area contributed by atoms with Gasteiger partial charge in [0.25, 0.3) is 0 Å². The van der Waals surface area contributed by atoms with Crippen molar-refractivity contribution < 1.29 is 28.9 Å². The molecule has 1 aromatic carbocycles. The number of unbranched alkanes of at least 4 members (excludes halogenated alkanes) is 1. The number of amides is 1. The number of hydrogen-bond donors (Lipinski definition) is 2. The van der Waals surface area contributed by atoms with Crippen molar-refractivity contribution in [3.63, 3.8) is 0 Å². The molecule has 0 aliphatic heterocycles. The predicted molar refractivity (Wildman–Crippen MR) is 88.2 cm³/mol. The lowest BCUT2D eigenvalue weighted by Gasteiger charge is -2.15. The van der Waals surface area contributed by atoms with Gasteiger partial charge in [-0.05, 0) is 31.0 Å². The van der Waals surface area contributed by atoms with Crippen LogP contribution in [0, 0.1) is 0 Å². The molecule has 1 unspecified atom stereocenters. The van der Waals surface area contributed by atoms with Crippen LogP contribution in [0.2, 0.25) is 0 Å². The van der Waals surface area contributed by atoms with Crippen LogP contribution in [-0.2, 0) is 14.3 Å². The van der Waals surface area contributed by atoms with Gasteiger partial charge in [-0.1, -0.05) is 25.5 Å². The third kappa shape index (κ3) is 7.32. The molecule has 0 saturated heterocycles. The molecular formula is C17H25NO6. The summed E-state index contributed by atoms with van der Waals surface area (Å²) in [5.74, 6) is -0.555. The van der Waals surface area contributed by atoms with Crippen LogP contribution < -0.4 is 10.1 Å². The maximum absolute atomic E-state index is 11.6. The van der Waals surface area contributed by atoms with Crippen LogP contribution in [0.3, 0.4) is 0 Å². The highest BCUT2D eigenvalue weighted by molar-refractivity contribution is 5.81. The molecule has 0 bridgehead atoms. The average Bonchev–Trinajstić information content (AvgIpc) is 2.57. The summed E-state index contributed by atoms with van der Waals surface area (Å²) in [4.78, 5) is 23.0. The number of nitrogens with one attached hydrogen (secondary N) is 1. The van der Waals surface area contributed by atoms with E-state index in [1.807, 2.05) is 13.8 Å². The maximum atomic E-state index is 11.6. The van der Waals surface area contributed by atoms with Crippen LogP contribution in [0.15, 0.2) is 24.3 Å². The molecule has 0 radical (unpaired) electrons. The van der Waals surface area contributed by atoms with Crippen LogP contribution in [0.4, 0.5) is 4.79 Å². The first-order chi connectivity index (χ1) is 11.6. The molecule has 0 saturated carbocycles. The average molecular weight is 339 g/mol. The van der Waals surface area contributed by atoms with Crippen LogP contribution in [0.1, 0.15) is 38.3 Å². The third-order valence-corrected chi connectivity index (χ3v) is 3.15. The Kier molecular flexibility index (Phi) is 9.29. The Balaban J connectivity index is 2.58. The molecule has 0 fully saturated rings. The highest BCUT2D eigenvalue weighted by atomic mass is 16.5. The first-order valence-corrected chi connectivity index (χ1v) is 8.05. The Labute approximate surface area is 141 Å². The SMILES string of the molecule is CCCCOC(=O)NC(C(=O)O)c1ccc(OCCOCC)cc1. The molecule has 1 aromatic rings. The summed E-state index contributed by atoms with van der Waals surface area (Å²) in [7, 11) is 0. The van der Waals surface area contributed by atoms with Gasteiger partial charge in [-0.2, -0.15) is 0 Å². The largest absolute Gasteiger partial charge is 0.491 e. The summed E-state index contributed by atoms with van der Waals surface area (Å²) >= 11 is 0. The minimum atomic E-state index is -1.17. The Hall–Kier alpha value is -2.28. The van der Waals surface area contributed by atoms with Crippen molar-refractivity contribution in [3.05, 3.63) is 29.8 Å². The maximum Gasteiger partial charge on any atom is 0.408 e. The van der Waals surface area contributed by atoms with E-state index in [9.17, 15) is 14.7 Å². The fourth-order valence-electron chi connectivity index (χ4n) is 1.88. The lowest BCUT2D eigenvalue weighted by Crippen LogP contribution is -2.34. The number of carboxylic acid groups (broad SMARTS) is 1. The quantitative estimate of drug-likeness (QED) is 0.602. The van der Waals surface area contributed by atoms with Crippen LogP contribution in [0.5, 0.6) is 5.75 Å². The molecule has 24 heavy (non-hydrogen) atoms. The van der Waals surface area contributed by atoms with Crippen molar-refractivity contribution in [2.45, 2.75) is 32.7 Å². The summed E-state index contributed by atoms with van der Waals surface area (Å²) in [5, 5.41) is 11.6. The second-order valence-electron chi connectivity index (χ2n) is 5.02. The molecule has 0 aromatic heterocycles. The summed E-state index contributed by atoms with van der Waals surface area (Å²) in [6, 6.07) is 5.34. The number of carboxylic acids is 1. The van der Waals surface area contributed by atoms with Crippen LogP contribution in [0.25, 0.3) is 0 Å². The van der Waals surface area contributed by atoms with E-state index >= 15 is 0 Å². The third-order valence-electron chi connectivity index (χ3n) is 3.15. The Morgan fingerprint density at radius 1 is 1.12 bits per heavy atom. The number of benzene rings is 1. The fourth-order valence-corrected chi connectivity index (χ4v) is 1.88. The molecular weight excluding hydrogens is 314 g/mol. The van der Waals surface area contributed by atoms with Gasteiger partial charge >= 0.3 is 12.1 Å². The zero-order valence-corrected chi connectivity index (χ0v) is 14.1. The van der Waals surface area contributed by atoms with Gasteiger partial charge in [-0.3, -0.25) is 0 Å². The van der Waals surface area contributed by atoms with E-state index in [1.165, 1.54) is 0 Å². The lowest BCUT2D eigenvalue weighted by atomic mass is 10.1. The van der Waals surface area contributed by atoms with E-state index in [2.05, 4.69) is 5.32 Å². The highest BCUT2D eigenvalue weighted by Gasteiger charge is 2.22. The van der Waals surface area contributed by atoms with Gasteiger partial charge in [0.15, 0.2) is 6.04 Å². The molecule has 134 valence electrons. The number of rotatable bonds is 11. The van der Waals surface area contributed by atoms with Gasteiger partial charge in [-0.25, -0.2) is 9.59 Å². The van der Waals surface area contributed by atoms with Gasteiger partial charge in [0.2, 0.25) is 0 Å². The minimum Gasteiger partial charge on any atom is -0.491 e. The summed E-state index contributed by atoms with van der Waals surface area (Å²) < 4.78 is 15.6. The first-order valence-electron chi connectivity index (χ1n) is 8.05. The zero-order valence-electron chi connectivity index (χ0n) is 14.1. The zero-order chi connectivity index (χ0) is 17.8. The topological polar surface area (TPSA) is 94.1 Å². The van der Waals surface area contributed by atoms with E-state index in [4.69, 9.17) is 14.2 Å². The normalized spacial score (nSPS) is 11.6. The molecule has 0 spiro atoms. The van der Waals surface area contributed by atoms with E-state index in [-0.39, 0.29) is 6.61 Å². The van der Waals surface area contributed by atoms with E-state index < -0.39 is 18.1 Å². The number of carbonyl (C=O) groups excluding carboxylic acids is 1.